The van der Waals surface area contributed by atoms with E-state index in [0.717, 1.165) is 0 Å². The van der Waals surface area contributed by atoms with E-state index < -0.39 is 18.6 Å². The third-order valence-corrected chi connectivity index (χ3v) is 2.90. The average Bonchev–Trinajstić information content (AvgIpc) is 2.37. The lowest BCUT2D eigenvalue weighted by molar-refractivity contribution is -0.140. The van der Waals surface area contributed by atoms with Crippen LogP contribution in [0.1, 0.15) is 19.4 Å². The van der Waals surface area contributed by atoms with Crippen LogP contribution in [0, 0.1) is 5.92 Å². The Bertz CT molecular complexity index is 480. The zero-order valence-electron chi connectivity index (χ0n) is 12.1. The van der Waals surface area contributed by atoms with Crippen LogP contribution in [-0.2, 0) is 11.3 Å². The Kier molecular flexibility index (Phi) is 6.36. The molecule has 0 spiro atoms. The first-order chi connectivity index (χ1) is 9.85. The van der Waals surface area contributed by atoms with Gasteiger partial charge in [-0.25, -0.2) is 0 Å². The molecule has 0 amide bonds. The van der Waals surface area contributed by atoms with Crippen LogP contribution in [-0.4, -0.2) is 30.8 Å². The first kappa shape index (κ1) is 17.2. The first-order valence-electron chi connectivity index (χ1n) is 6.43. The van der Waals surface area contributed by atoms with Gasteiger partial charge in [0.15, 0.2) is 11.5 Å². The Morgan fingerprint density at radius 1 is 1.33 bits per heavy atom. The summed E-state index contributed by atoms with van der Waals surface area (Å²) in [5.74, 6) is -0.944. The Morgan fingerprint density at radius 2 is 2.00 bits per heavy atom. The number of carboxylic acid groups (broad SMARTS) is 1. The maximum Gasteiger partial charge on any atom is 0.387 e. The van der Waals surface area contributed by atoms with E-state index >= 15 is 0 Å². The molecule has 21 heavy (non-hydrogen) atoms. The molecule has 1 unspecified atom stereocenters. The van der Waals surface area contributed by atoms with Crippen LogP contribution in [0.25, 0.3) is 0 Å². The molecule has 1 atom stereocenters. The minimum Gasteiger partial charge on any atom is -0.493 e. The van der Waals surface area contributed by atoms with Crippen LogP contribution in [0.15, 0.2) is 18.2 Å². The predicted octanol–water partition coefficient (Wildman–Crippen LogP) is 2.50. The second-order valence-electron chi connectivity index (χ2n) is 4.80. The molecule has 1 rings (SSSR count). The fourth-order valence-electron chi connectivity index (χ4n) is 1.86. The Labute approximate surface area is 121 Å². The molecular formula is C14H19F2NO4. The molecule has 0 fully saturated rings. The van der Waals surface area contributed by atoms with Crippen molar-refractivity contribution in [2.24, 2.45) is 5.92 Å². The molecular weight excluding hydrogens is 284 g/mol. The van der Waals surface area contributed by atoms with Crippen molar-refractivity contribution in [1.29, 1.82) is 0 Å². The van der Waals surface area contributed by atoms with E-state index in [1.807, 2.05) is 0 Å². The molecule has 2 N–H and O–H groups in total. The molecule has 0 saturated heterocycles. The number of aliphatic carboxylic acids is 1. The number of rotatable bonds is 8. The molecule has 0 bridgehead atoms. The summed E-state index contributed by atoms with van der Waals surface area (Å²) in [5.41, 5.74) is 0.623. The SMILES string of the molecule is COc1ccc(CNC(C(=O)O)C(C)C)cc1OC(F)F. The second kappa shape index (κ2) is 7.78. The minimum atomic E-state index is -2.95. The number of methoxy groups -OCH3 is 1. The van der Waals surface area contributed by atoms with Gasteiger partial charge in [0.25, 0.3) is 0 Å². The van der Waals surface area contributed by atoms with E-state index in [4.69, 9.17) is 9.84 Å². The van der Waals surface area contributed by atoms with E-state index in [0.29, 0.717) is 5.56 Å². The fourth-order valence-corrected chi connectivity index (χ4v) is 1.86. The molecule has 0 aliphatic carbocycles. The lowest BCUT2D eigenvalue weighted by Crippen LogP contribution is -2.40. The fraction of sp³-hybridized carbons (Fsp3) is 0.500. The zero-order valence-corrected chi connectivity index (χ0v) is 12.1. The number of hydrogen-bond donors (Lipinski definition) is 2. The average molecular weight is 303 g/mol. The van der Waals surface area contributed by atoms with Crippen molar-refractivity contribution < 1.29 is 28.2 Å². The second-order valence-corrected chi connectivity index (χ2v) is 4.80. The van der Waals surface area contributed by atoms with Gasteiger partial charge in [-0.3, -0.25) is 4.79 Å². The maximum atomic E-state index is 12.3. The summed E-state index contributed by atoms with van der Waals surface area (Å²) in [6.45, 7) is 0.833. The van der Waals surface area contributed by atoms with Crippen LogP contribution < -0.4 is 14.8 Å². The van der Waals surface area contributed by atoms with Crippen molar-refractivity contribution in [2.45, 2.75) is 33.0 Å². The van der Waals surface area contributed by atoms with Gasteiger partial charge in [0.05, 0.1) is 7.11 Å². The lowest BCUT2D eigenvalue weighted by atomic mass is 10.0. The third-order valence-electron chi connectivity index (χ3n) is 2.90. The summed E-state index contributed by atoms with van der Waals surface area (Å²) in [7, 11) is 1.35. The molecule has 1 aromatic carbocycles. The number of carbonyl (C=O) groups is 1. The van der Waals surface area contributed by atoms with Gasteiger partial charge in [-0.2, -0.15) is 8.78 Å². The highest BCUT2D eigenvalue weighted by atomic mass is 19.3. The number of carboxylic acids is 1. The van der Waals surface area contributed by atoms with Gasteiger partial charge >= 0.3 is 12.6 Å². The van der Waals surface area contributed by atoms with Gasteiger partial charge in [0, 0.05) is 6.54 Å². The van der Waals surface area contributed by atoms with Crippen LogP contribution in [0.3, 0.4) is 0 Å². The first-order valence-corrected chi connectivity index (χ1v) is 6.43. The molecule has 0 saturated carbocycles. The summed E-state index contributed by atoms with van der Waals surface area (Å²) in [4.78, 5) is 11.1. The minimum absolute atomic E-state index is 0.0804. The normalized spacial score (nSPS) is 12.5. The highest BCUT2D eigenvalue weighted by Gasteiger charge is 2.20. The van der Waals surface area contributed by atoms with Gasteiger partial charge in [0.1, 0.15) is 6.04 Å². The molecule has 0 radical (unpaired) electrons. The van der Waals surface area contributed by atoms with Gasteiger partial charge in [-0.1, -0.05) is 19.9 Å². The van der Waals surface area contributed by atoms with Crippen molar-refractivity contribution in [3.63, 3.8) is 0 Å². The monoisotopic (exact) mass is 303 g/mol. The molecule has 0 aromatic heterocycles. The van der Waals surface area contributed by atoms with Crippen molar-refractivity contribution >= 4 is 5.97 Å². The Hall–Kier alpha value is -1.89. The van der Waals surface area contributed by atoms with E-state index in [2.05, 4.69) is 10.1 Å². The number of alkyl halides is 2. The molecule has 7 heteroatoms. The Morgan fingerprint density at radius 3 is 2.48 bits per heavy atom. The smallest absolute Gasteiger partial charge is 0.387 e. The largest absolute Gasteiger partial charge is 0.493 e. The lowest BCUT2D eigenvalue weighted by Gasteiger charge is -2.18. The topological polar surface area (TPSA) is 67.8 Å². The van der Waals surface area contributed by atoms with Crippen molar-refractivity contribution in [3.8, 4) is 11.5 Å². The van der Waals surface area contributed by atoms with E-state index in [1.165, 1.54) is 19.2 Å². The van der Waals surface area contributed by atoms with Gasteiger partial charge in [-0.05, 0) is 23.6 Å². The summed E-state index contributed by atoms with van der Waals surface area (Å²) in [6, 6.07) is 3.84. The van der Waals surface area contributed by atoms with Crippen molar-refractivity contribution in [2.75, 3.05) is 7.11 Å². The molecule has 118 valence electrons. The summed E-state index contributed by atoms with van der Waals surface area (Å²) >= 11 is 0. The highest BCUT2D eigenvalue weighted by Crippen LogP contribution is 2.29. The highest BCUT2D eigenvalue weighted by molar-refractivity contribution is 5.73. The quantitative estimate of drug-likeness (QED) is 0.772. The molecule has 5 nitrogen and oxygen atoms in total. The van der Waals surface area contributed by atoms with E-state index in [1.54, 1.807) is 19.9 Å². The maximum absolute atomic E-state index is 12.3. The van der Waals surface area contributed by atoms with Crippen molar-refractivity contribution in [1.82, 2.24) is 5.32 Å². The standard InChI is InChI=1S/C14H19F2NO4/c1-8(2)12(13(18)19)17-7-9-4-5-10(20-3)11(6-9)21-14(15)16/h4-6,8,12,14,17H,7H2,1-3H3,(H,18,19). The van der Waals surface area contributed by atoms with Crippen LogP contribution in [0.2, 0.25) is 0 Å². The van der Waals surface area contributed by atoms with E-state index in [-0.39, 0.29) is 24.0 Å². The van der Waals surface area contributed by atoms with Crippen LogP contribution in [0.4, 0.5) is 8.78 Å². The molecule has 1 aromatic rings. The number of ether oxygens (including phenoxy) is 2. The zero-order chi connectivity index (χ0) is 16.0. The molecule has 0 heterocycles. The summed E-state index contributed by atoms with van der Waals surface area (Å²) in [5, 5.41) is 11.9. The van der Waals surface area contributed by atoms with Gasteiger partial charge in [0.2, 0.25) is 0 Å². The van der Waals surface area contributed by atoms with E-state index in [9.17, 15) is 13.6 Å². The summed E-state index contributed by atoms with van der Waals surface area (Å²) in [6.07, 6.45) is 0. The van der Waals surface area contributed by atoms with Gasteiger partial charge in [-0.15, -0.1) is 0 Å². The predicted molar refractivity (Wildman–Crippen MR) is 72.7 cm³/mol. The number of hydrogen-bond acceptors (Lipinski definition) is 4. The number of nitrogens with one attached hydrogen (secondary N) is 1. The number of halogens is 2. The van der Waals surface area contributed by atoms with Crippen LogP contribution in [0.5, 0.6) is 11.5 Å². The number of benzene rings is 1. The molecule has 0 aliphatic heterocycles. The summed E-state index contributed by atoms with van der Waals surface area (Å²) < 4.78 is 34.0. The van der Waals surface area contributed by atoms with Crippen molar-refractivity contribution in [3.05, 3.63) is 23.8 Å². The van der Waals surface area contributed by atoms with Crippen LogP contribution >= 0.6 is 0 Å². The van der Waals surface area contributed by atoms with Gasteiger partial charge < -0.3 is 19.9 Å². The Balaban J connectivity index is 2.82. The third kappa shape index (κ3) is 5.18. The molecule has 0 aliphatic rings.